The average Bonchev–Trinajstić information content (AvgIpc) is 2.72. The lowest BCUT2D eigenvalue weighted by Gasteiger charge is -2.03. The van der Waals surface area contributed by atoms with Crippen LogP contribution in [0.2, 0.25) is 0 Å². The Morgan fingerprint density at radius 2 is 1.31 bits per heavy atom. The molecule has 0 aromatic heterocycles. The van der Waals surface area contributed by atoms with Gasteiger partial charge in [0.1, 0.15) is 12.3 Å². The van der Waals surface area contributed by atoms with E-state index in [4.69, 9.17) is 4.84 Å². The van der Waals surface area contributed by atoms with Gasteiger partial charge in [0.15, 0.2) is 0 Å². The fourth-order valence-electron chi connectivity index (χ4n) is 2.46. The van der Waals surface area contributed by atoms with Crippen molar-refractivity contribution in [1.82, 2.24) is 0 Å². The molecule has 128 valence electrons. The van der Waals surface area contributed by atoms with Crippen molar-refractivity contribution in [2.45, 2.75) is 19.4 Å². The Morgan fingerprint density at radius 1 is 0.731 bits per heavy atom. The molecule has 0 amide bonds. The maximum atomic E-state index is 5.54. The minimum Gasteiger partial charge on any atom is -0.390 e. The van der Waals surface area contributed by atoms with Crippen LogP contribution in [-0.4, -0.2) is 5.71 Å². The van der Waals surface area contributed by atoms with E-state index >= 15 is 0 Å². The lowest BCUT2D eigenvalue weighted by Crippen LogP contribution is -2.00. The van der Waals surface area contributed by atoms with Crippen LogP contribution in [0.1, 0.15) is 23.1 Å². The maximum Gasteiger partial charge on any atom is 0.142 e. The second kappa shape index (κ2) is 9.86. The van der Waals surface area contributed by atoms with Crippen LogP contribution in [0.5, 0.6) is 0 Å². The highest BCUT2D eigenvalue weighted by Crippen LogP contribution is 2.06. The molecular formula is C24H21NO. The molecule has 0 unspecified atom stereocenters. The van der Waals surface area contributed by atoms with Gasteiger partial charge in [0.25, 0.3) is 0 Å². The van der Waals surface area contributed by atoms with Crippen molar-refractivity contribution in [2.24, 2.45) is 5.16 Å². The van der Waals surface area contributed by atoms with E-state index in [9.17, 15) is 0 Å². The molecule has 3 aromatic rings. The molecule has 0 atom stereocenters. The minimum absolute atomic E-state index is 0.447. The molecule has 26 heavy (non-hydrogen) atoms. The number of hydrogen-bond donors (Lipinski definition) is 0. The molecule has 3 aromatic carbocycles. The van der Waals surface area contributed by atoms with Crippen molar-refractivity contribution in [3.8, 4) is 11.8 Å². The minimum atomic E-state index is 0.447. The van der Waals surface area contributed by atoms with Crippen molar-refractivity contribution < 1.29 is 4.84 Å². The summed E-state index contributed by atoms with van der Waals surface area (Å²) in [6.45, 7) is 0.447. The van der Waals surface area contributed by atoms with E-state index in [1.54, 1.807) is 0 Å². The molecule has 0 heterocycles. The van der Waals surface area contributed by atoms with Gasteiger partial charge in [-0.25, -0.2) is 0 Å². The Morgan fingerprint density at radius 3 is 1.96 bits per heavy atom. The molecule has 0 bridgehead atoms. The summed E-state index contributed by atoms with van der Waals surface area (Å²) in [5.41, 5.74) is 4.09. The monoisotopic (exact) mass is 339 g/mol. The van der Waals surface area contributed by atoms with Crippen molar-refractivity contribution in [3.63, 3.8) is 0 Å². The first-order chi connectivity index (χ1) is 12.9. The molecule has 0 N–H and O–H groups in total. The van der Waals surface area contributed by atoms with Crippen LogP contribution in [0.15, 0.2) is 96.2 Å². The van der Waals surface area contributed by atoms with Gasteiger partial charge in [-0.2, -0.15) is 0 Å². The fourth-order valence-corrected chi connectivity index (χ4v) is 2.46. The molecule has 0 saturated heterocycles. The fraction of sp³-hybridized carbons (Fsp3) is 0.125. The number of aryl methyl sites for hydroxylation is 1. The largest absolute Gasteiger partial charge is 0.390 e. The van der Waals surface area contributed by atoms with Crippen LogP contribution in [0.25, 0.3) is 0 Å². The Kier molecular flexibility index (Phi) is 6.64. The number of benzene rings is 3. The van der Waals surface area contributed by atoms with Crippen molar-refractivity contribution in [2.75, 3.05) is 0 Å². The summed E-state index contributed by atoms with van der Waals surface area (Å²) < 4.78 is 0. The Hall–Kier alpha value is -3.31. The number of hydrogen-bond acceptors (Lipinski definition) is 2. The zero-order chi connectivity index (χ0) is 17.9. The van der Waals surface area contributed by atoms with E-state index in [0.29, 0.717) is 6.61 Å². The Labute approximate surface area is 155 Å². The van der Waals surface area contributed by atoms with Crippen molar-refractivity contribution in [3.05, 3.63) is 108 Å². The molecule has 0 aliphatic rings. The highest BCUT2D eigenvalue weighted by atomic mass is 16.6. The van der Waals surface area contributed by atoms with Crippen LogP contribution in [0.4, 0.5) is 0 Å². The summed E-state index contributed by atoms with van der Waals surface area (Å²) in [7, 11) is 0. The third kappa shape index (κ3) is 5.96. The second-order valence-electron chi connectivity index (χ2n) is 5.90. The van der Waals surface area contributed by atoms with E-state index < -0.39 is 0 Å². The van der Waals surface area contributed by atoms with Gasteiger partial charge in [0, 0.05) is 12.0 Å². The molecule has 0 spiro atoms. The highest BCUT2D eigenvalue weighted by Gasteiger charge is 2.00. The number of rotatable bonds is 6. The molecule has 2 nitrogen and oxygen atoms in total. The van der Waals surface area contributed by atoms with Crippen LogP contribution < -0.4 is 0 Å². The van der Waals surface area contributed by atoms with Crippen molar-refractivity contribution in [1.29, 1.82) is 0 Å². The van der Waals surface area contributed by atoms with Gasteiger partial charge in [-0.15, -0.1) is 0 Å². The summed E-state index contributed by atoms with van der Waals surface area (Å²) >= 11 is 0. The zero-order valence-electron chi connectivity index (χ0n) is 14.6. The van der Waals surface area contributed by atoms with Gasteiger partial charge in [-0.3, -0.25) is 0 Å². The molecule has 2 heteroatoms. The summed E-state index contributed by atoms with van der Waals surface area (Å²) in [4.78, 5) is 5.54. The van der Waals surface area contributed by atoms with Gasteiger partial charge in [0.2, 0.25) is 0 Å². The number of oxime groups is 1. The van der Waals surface area contributed by atoms with Crippen LogP contribution in [-0.2, 0) is 17.9 Å². The van der Waals surface area contributed by atoms with Crippen molar-refractivity contribution >= 4 is 5.71 Å². The van der Waals surface area contributed by atoms with Crippen LogP contribution >= 0.6 is 0 Å². The third-order valence-electron chi connectivity index (χ3n) is 3.87. The smallest absolute Gasteiger partial charge is 0.142 e. The van der Waals surface area contributed by atoms with Gasteiger partial charge in [0.05, 0.1) is 0 Å². The highest BCUT2D eigenvalue weighted by molar-refractivity contribution is 6.00. The Bertz CT molecular complexity index is 875. The molecule has 0 aliphatic heterocycles. The summed E-state index contributed by atoms with van der Waals surface area (Å²) in [5, 5.41) is 4.29. The lowest BCUT2D eigenvalue weighted by molar-refractivity contribution is 0.130. The normalized spacial score (nSPS) is 10.7. The zero-order valence-corrected chi connectivity index (χ0v) is 14.6. The first kappa shape index (κ1) is 17.5. The molecule has 0 saturated carbocycles. The van der Waals surface area contributed by atoms with Crippen LogP contribution in [0, 0.1) is 11.8 Å². The first-order valence-corrected chi connectivity index (χ1v) is 8.74. The number of nitrogens with zero attached hydrogens (tertiary/aromatic N) is 1. The van der Waals surface area contributed by atoms with Gasteiger partial charge in [-0.05, 0) is 35.6 Å². The average molecular weight is 339 g/mol. The molecule has 0 fully saturated rings. The molecule has 0 radical (unpaired) electrons. The first-order valence-electron chi connectivity index (χ1n) is 8.74. The van der Waals surface area contributed by atoms with E-state index in [1.165, 1.54) is 5.56 Å². The predicted octanol–water partition coefficient (Wildman–Crippen LogP) is 5.24. The van der Waals surface area contributed by atoms with E-state index in [1.807, 2.05) is 78.9 Å². The summed E-state index contributed by atoms with van der Waals surface area (Å²) in [6.07, 6.45) is 1.64. The summed E-state index contributed by atoms with van der Waals surface area (Å²) in [6, 6.07) is 30.3. The predicted molar refractivity (Wildman–Crippen MR) is 107 cm³/mol. The maximum absolute atomic E-state index is 5.54. The van der Waals surface area contributed by atoms with E-state index in [2.05, 4.69) is 29.1 Å². The SMILES string of the molecule is C(#Cc1ccccc1)/C(CCc1ccccc1)=N\OCc1ccccc1. The third-order valence-corrected chi connectivity index (χ3v) is 3.87. The Balaban J connectivity index is 1.68. The molecular weight excluding hydrogens is 318 g/mol. The molecule has 3 rings (SSSR count). The molecule has 0 aliphatic carbocycles. The van der Waals surface area contributed by atoms with Gasteiger partial charge < -0.3 is 4.84 Å². The topological polar surface area (TPSA) is 21.6 Å². The van der Waals surface area contributed by atoms with Gasteiger partial charge >= 0.3 is 0 Å². The van der Waals surface area contributed by atoms with Crippen LogP contribution in [0.3, 0.4) is 0 Å². The van der Waals surface area contributed by atoms with E-state index in [-0.39, 0.29) is 0 Å². The lowest BCUT2D eigenvalue weighted by atomic mass is 10.1. The van der Waals surface area contributed by atoms with E-state index in [0.717, 1.165) is 29.7 Å². The standard InChI is InChI=1S/C24H21NO/c1-4-10-21(11-5-1)16-18-24(19-17-22-12-6-2-7-13-22)25-26-20-23-14-8-3-9-15-23/h1-15H,16,18,20H2/b25-24-. The second-order valence-corrected chi connectivity index (χ2v) is 5.90. The quantitative estimate of drug-likeness (QED) is 0.342. The van der Waals surface area contributed by atoms with Gasteiger partial charge in [-0.1, -0.05) is 89.9 Å². The summed E-state index contributed by atoms with van der Waals surface area (Å²) in [5.74, 6) is 6.34.